The summed E-state index contributed by atoms with van der Waals surface area (Å²) in [4.78, 5) is 8.74. The van der Waals surface area contributed by atoms with Crippen molar-refractivity contribution in [3.05, 3.63) is 53.1 Å². The number of benzene rings is 1. The molecule has 3 atom stereocenters. The first kappa shape index (κ1) is 27.0. The average Bonchev–Trinajstić information content (AvgIpc) is 3.72. The van der Waals surface area contributed by atoms with E-state index in [0.29, 0.717) is 30.0 Å². The molecule has 36 heavy (non-hydrogen) atoms. The maximum Gasteiger partial charge on any atom is 0.416 e. The van der Waals surface area contributed by atoms with Crippen LogP contribution in [0.3, 0.4) is 0 Å². The number of ether oxygens (including phenoxy) is 1. The summed E-state index contributed by atoms with van der Waals surface area (Å²) in [5.74, 6) is 0.315. The molecule has 1 saturated heterocycles. The lowest BCUT2D eigenvalue weighted by molar-refractivity contribution is -0.137. The Balaban J connectivity index is 1.72. The molecule has 0 radical (unpaired) electrons. The number of alkyl halides is 3. The molecule has 4 rings (SSSR count). The zero-order chi connectivity index (χ0) is 26.1. The molecule has 0 bridgehead atoms. The molecule has 2 fully saturated rings. The van der Waals surface area contributed by atoms with Crippen LogP contribution < -0.4 is 0 Å². The lowest BCUT2D eigenvalue weighted by Gasteiger charge is -2.39. The van der Waals surface area contributed by atoms with Crippen LogP contribution in [0.1, 0.15) is 113 Å². The molecule has 0 N–H and O–H groups in total. The fraction of sp³-hybridized carbons (Fsp3) is 0.630. The van der Waals surface area contributed by atoms with Gasteiger partial charge in [-0.1, -0.05) is 27.2 Å². The predicted octanol–water partition coefficient (Wildman–Crippen LogP) is 7.14. The zero-order valence-electron chi connectivity index (χ0n) is 21.1. The van der Waals surface area contributed by atoms with Crippen molar-refractivity contribution in [1.29, 1.82) is 0 Å². The Bertz CT molecular complexity index is 1160. The van der Waals surface area contributed by atoms with E-state index in [-0.39, 0.29) is 36.7 Å². The molecule has 1 aromatic heterocycles. The van der Waals surface area contributed by atoms with Crippen molar-refractivity contribution in [2.24, 2.45) is 0 Å². The second kappa shape index (κ2) is 10.4. The number of sulfone groups is 1. The molecule has 3 unspecified atom stereocenters. The van der Waals surface area contributed by atoms with E-state index in [1.807, 2.05) is 13.8 Å². The average molecular weight is 525 g/mol. The SMILES string of the molecule is CCCC(CC)c1cc(C(F)(F)F)cc(S(=O)(=O)C2(CC)CCOC(c3cnc(C4CC4)cn3)C2)c1. The van der Waals surface area contributed by atoms with Crippen LogP contribution in [0, 0.1) is 0 Å². The molecule has 2 heterocycles. The van der Waals surface area contributed by atoms with Gasteiger partial charge in [0.05, 0.1) is 32.8 Å². The quantitative estimate of drug-likeness (QED) is 0.349. The molecule has 1 aliphatic heterocycles. The Morgan fingerprint density at radius 2 is 1.78 bits per heavy atom. The van der Waals surface area contributed by atoms with E-state index in [9.17, 15) is 21.6 Å². The predicted molar refractivity (Wildman–Crippen MR) is 132 cm³/mol. The minimum atomic E-state index is -4.64. The number of aromatic nitrogens is 2. The van der Waals surface area contributed by atoms with E-state index in [4.69, 9.17) is 4.74 Å². The Kier molecular flexibility index (Phi) is 7.81. The molecule has 1 aromatic carbocycles. The van der Waals surface area contributed by atoms with Crippen LogP contribution in [-0.4, -0.2) is 29.7 Å². The molecule has 0 spiro atoms. The first-order valence-corrected chi connectivity index (χ1v) is 14.4. The highest BCUT2D eigenvalue weighted by molar-refractivity contribution is 7.92. The lowest BCUT2D eigenvalue weighted by atomic mass is 9.90. The molecule has 2 aromatic rings. The van der Waals surface area contributed by atoms with Crippen molar-refractivity contribution in [2.75, 3.05) is 6.61 Å². The first-order chi connectivity index (χ1) is 17.0. The van der Waals surface area contributed by atoms with E-state index >= 15 is 0 Å². The van der Waals surface area contributed by atoms with Crippen LogP contribution in [0.25, 0.3) is 0 Å². The highest BCUT2D eigenvalue weighted by Crippen LogP contribution is 2.46. The van der Waals surface area contributed by atoms with Crippen LogP contribution >= 0.6 is 0 Å². The van der Waals surface area contributed by atoms with Crippen molar-refractivity contribution in [3.63, 3.8) is 0 Å². The van der Waals surface area contributed by atoms with E-state index in [2.05, 4.69) is 9.97 Å². The van der Waals surface area contributed by atoms with Gasteiger partial charge in [0, 0.05) is 18.7 Å². The molecule has 9 heteroatoms. The van der Waals surface area contributed by atoms with Crippen molar-refractivity contribution >= 4 is 9.84 Å². The third kappa shape index (κ3) is 5.32. The topological polar surface area (TPSA) is 69.2 Å². The van der Waals surface area contributed by atoms with Gasteiger partial charge in [0.2, 0.25) is 0 Å². The van der Waals surface area contributed by atoms with E-state index in [1.165, 1.54) is 6.07 Å². The van der Waals surface area contributed by atoms with Crippen molar-refractivity contribution in [2.45, 2.75) is 106 Å². The number of hydrogen-bond donors (Lipinski definition) is 0. The Hall–Kier alpha value is -2.00. The molecule has 198 valence electrons. The van der Waals surface area contributed by atoms with Gasteiger partial charge in [0.25, 0.3) is 0 Å². The van der Waals surface area contributed by atoms with Gasteiger partial charge in [-0.05, 0) is 74.6 Å². The van der Waals surface area contributed by atoms with E-state index in [1.54, 1.807) is 19.3 Å². The molecule has 1 aliphatic carbocycles. The summed E-state index contributed by atoms with van der Waals surface area (Å²) < 4.78 is 74.4. The summed E-state index contributed by atoms with van der Waals surface area (Å²) >= 11 is 0. The smallest absolute Gasteiger partial charge is 0.372 e. The normalized spacial score (nSPS) is 24.0. The summed E-state index contributed by atoms with van der Waals surface area (Å²) in [7, 11) is -4.12. The van der Waals surface area contributed by atoms with E-state index in [0.717, 1.165) is 37.1 Å². The maximum absolute atomic E-state index is 14.1. The standard InChI is InChI=1S/C27H35F3N2O3S/c1-4-7-18(5-2)20-12-21(27(28,29)30)14-22(13-20)36(33,34)26(6-3)10-11-35-25(15-26)24-17-31-23(16-32-24)19-8-9-19/h12-14,16-19,25H,4-11,15H2,1-3H3. The summed E-state index contributed by atoms with van der Waals surface area (Å²) in [6.45, 7) is 5.86. The lowest BCUT2D eigenvalue weighted by Crippen LogP contribution is -2.44. The second-order valence-corrected chi connectivity index (χ2v) is 12.5. The van der Waals surface area contributed by atoms with Crippen LogP contribution in [0.15, 0.2) is 35.5 Å². The zero-order valence-corrected chi connectivity index (χ0v) is 22.0. The van der Waals surface area contributed by atoms with Gasteiger partial charge in [-0.25, -0.2) is 8.42 Å². The third-order valence-electron chi connectivity index (χ3n) is 7.83. The van der Waals surface area contributed by atoms with Gasteiger partial charge in [-0.2, -0.15) is 13.2 Å². The molecular formula is C27H35F3N2O3S. The Labute approximate surface area is 211 Å². The molecule has 1 saturated carbocycles. The molecule has 5 nitrogen and oxygen atoms in total. The van der Waals surface area contributed by atoms with Gasteiger partial charge >= 0.3 is 6.18 Å². The van der Waals surface area contributed by atoms with Gasteiger partial charge in [-0.15, -0.1) is 0 Å². The van der Waals surface area contributed by atoms with Crippen LogP contribution in [0.5, 0.6) is 0 Å². The van der Waals surface area contributed by atoms with E-state index < -0.39 is 32.4 Å². The Morgan fingerprint density at radius 3 is 2.33 bits per heavy atom. The van der Waals surface area contributed by atoms with Crippen molar-refractivity contribution in [3.8, 4) is 0 Å². The number of halogens is 3. The summed E-state index contributed by atoms with van der Waals surface area (Å²) in [5.41, 5.74) is 1.01. The largest absolute Gasteiger partial charge is 0.416 e. The first-order valence-electron chi connectivity index (χ1n) is 12.9. The van der Waals surface area contributed by atoms with Gasteiger partial charge in [0.15, 0.2) is 9.84 Å². The Morgan fingerprint density at radius 1 is 1.08 bits per heavy atom. The fourth-order valence-electron chi connectivity index (χ4n) is 5.32. The number of hydrogen-bond acceptors (Lipinski definition) is 5. The summed E-state index contributed by atoms with van der Waals surface area (Å²) in [6.07, 6.45) is 3.10. The second-order valence-electron chi connectivity index (χ2n) is 10.2. The van der Waals surface area contributed by atoms with Crippen LogP contribution in [0.4, 0.5) is 13.2 Å². The fourth-order valence-corrected chi connectivity index (χ4v) is 7.49. The highest BCUT2D eigenvalue weighted by atomic mass is 32.2. The molecule has 0 amide bonds. The minimum Gasteiger partial charge on any atom is -0.372 e. The van der Waals surface area contributed by atoms with Crippen LogP contribution in [0.2, 0.25) is 0 Å². The third-order valence-corrected chi connectivity index (χ3v) is 10.5. The number of nitrogens with zero attached hydrogens (tertiary/aromatic N) is 2. The van der Waals surface area contributed by atoms with Crippen LogP contribution in [-0.2, 0) is 20.8 Å². The summed E-state index contributed by atoms with van der Waals surface area (Å²) in [5, 5.41) is 0. The number of rotatable bonds is 9. The van der Waals surface area contributed by atoms with Gasteiger partial charge in [0.1, 0.15) is 6.10 Å². The molecular weight excluding hydrogens is 489 g/mol. The minimum absolute atomic E-state index is 0.126. The summed E-state index contributed by atoms with van der Waals surface area (Å²) in [6, 6.07) is 3.40. The molecule has 2 aliphatic rings. The van der Waals surface area contributed by atoms with Crippen molar-refractivity contribution in [1.82, 2.24) is 9.97 Å². The monoisotopic (exact) mass is 524 g/mol. The van der Waals surface area contributed by atoms with Crippen molar-refractivity contribution < 1.29 is 26.3 Å². The van der Waals surface area contributed by atoms with Gasteiger partial charge in [-0.3, -0.25) is 9.97 Å². The van der Waals surface area contributed by atoms with Gasteiger partial charge < -0.3 is 4.74 Å². The maximum atomic E-state index is 14.1. The highest BCUT2D eigenvalue weighted by Gasteiger charge is 2.48.